The summed E-state index contributed by atoms with van der Waals surface area (Å²) in [6.07, 6.45) is -0.981. The van der Waals surface area contributed by atoms with Gasteiger partial charge in [-0.3, -0.25) is 19.2 Å². The standard InChI is InChI=1S/C25H27N3O8/c1-9(29)11-6-13(23(2,3)4)18(31)15-12(11)8-24(27)7-10-5-14(30)16(22(26)35)20(33)25(10,28-36)21(34)17(24)19(15)32/h6,10,31-33H,5,7-8,27H2,1-4H3,(H2,26,35)/t10?,24-,25+/m0/s1. The van der Waals surface area contributed by atoms with Gasteiger partial charge in [0.1, 0.15) is 22.8 Å². The van der Waals surface area contributed by atoms with E-state index < -0.39 is 69.0 Å². The number of ketones is 3. The first-order valence-electron chi connectivity index (χ1n) is 11.3. The molecule has 1 saturated carbocycles. The third-order valence-corrected chi connectivity index (χ3v) is 7.53. The first-order valence-corrected chi connectivity index (χ1v) is 11.3. The van der Waals surface area contributed by atoms with Crippen molar-refractivity contribution >= 4 is 29.0 Å². The van der Waals surface area contributed by atoms with Crippen LogP contribution in [0.2, 0.25) is 0 Å². The molecule has 0 spiro atoms. The van der Waals surface area contributed by atoms with Crippen LogP contribution in [0.25, 0.3) is 5.76 Å². The first kappa shape index (κ1) is 25.2. The van der Waals surface area contributed by atoms with Crippen LogP contribution < -0.4 is 11.5 Å². The van der Waals surface area contributed by atoms with Gasteiger partial charge in [-0.25, -0.2) is 0 Å². The summed E-state index contributed by atoms with van der Waals surface area (Å²) in [5.74, 6) is -7.30. The predicted molar refractivity (Wildman–Crippen MR) is 127 cm³/mol. The summed E-state index contributed by atoms with van der Waals surface area (Å²) in [6.45, 7) is 6.68. The number of hydrogen-bond acceptors (Lipinski definition) is 10. The molecule has 4 rings (SSSR count). The van der Waals surface area contributed by atoms with Gasteiger partial charge in [-0.2, -0.15) is 0 Å². The number of primary amides is 1. The van der Waals surface area contributed by atoms with E-state index in [1.54, 1.807) is 20.8 Å². The van der Waals surface area contributed by atoms with Crippen LogP contribution in [0.3, 0.4) is 0 Å². The molecule has 11 nitrogen and oxygen atoms in total. The quantitative estimate of drug-likeness (QED) is 0.234. The minimum Gasteiger partial charge on any atom is -0.508 e. The van der Waals surface area contributed by atoms with Crippen molar-refractivity contribution < 1.29 is 34.5 Å². The third kappa shape index (κ3) is 3.08. The van der Waals surface area contributed by atoms with Gasteiger partial charge in [0.05, 0.1) is 16.7 Å². The molecule has 7 N–H and O–H groups in total. The number of aliphatic hydroxyl groups is 2. The zero-order chi connectivity index (χ0) is 27.1. The molecule has 3 atom stereocenters. The van der Waals surface area contributed by atoms with E-state index >= 15 is 0 Å². The molecule has 0 saturated heterocycles. The molecule has 3 aliphatic carbocycles. The van der Waals surface area contributed by atoms with E-state index in [0.29, 0.717) is 5.56 Å². The largest absolute Gasteiger partial charge is 0.508 e. The van der Waals surface area contributed by atoms with Crippen molar-refractivity contribution in [2.75, 3.05) is 0 Å². The normalized spacial score (nSPS) is 27.9. The number of phenolic OH excluding ortho intramolecular Hbond substituents is 1. The van der Waals surface area contributed by atoms with Gasteiger partial charge in [0.25, 0.3) is 5.91 Å². The Morgan fingerprint density at radius 3 is 2.28 bits per heavy atom. The average Bonchev–Trinajstić information content (AvgIpc) is 2.71. The second-order valence-electron chi connectivity index (χ2n) is 10.8. The molecule has 1 aromatic rings. The van der Waals surface area contributed by atoms with Crippen LogP contribution in [0.5, 0.6) is 5.75 Å². The molecule has 3 aliphatic rings. The number of hydrogen-bond donors (Lipinski definition) is 5. The van der Waals surface area contributed by atoms with E-state index in [2.05, 4.69) is 5.18 Å². The van der Waals surface area contributed by atoms with Crippen LogP contribution in [0.1, 0.15) is 67.6 Å². The lowest BCUT2D eigenvalue weighted by Crippen LogP contribution is -2.65. The topological polar surface area (TPSA) is 210 Å². The van der Waals surface area contributed by atoms with Crippen LogP contribution in [0.15, 0.2) is 28.1 Å². The number of carbonyl (C=O) groups is 4. The minimum absolute atomic E-state index is 0.179. The minimum atomic E-state index is -2.61. The van der Waals surface area contributed by atoms with Gasteiger partial charge in [-0.1, -0.05) is 20.8 Å². The summed E-state index contributed by atoms with van der Waals surface area (Å²) >= 11 is 0. The van der Waals surface area contributed by atoms with Crippen LogP contribution in [0, 0.1) is 10.8 Å². The highest BCUT2D eigenvalue weighted by molar-refractivity contribution is 6.23. The Hall–Kier alpha value is -3.86. The monoisotopic (exact) mass is 497 g/mol. The highest BCUT2D eigenvalue weighted by Gasteiger charge is 2.66. The molecule has 0 radical (unpaired) electrons. The number of nitrogens with two attached hydrogens (primary N) is 2. The number of nitroso groups, excluding NO2 is 1. The maximum absolute atomic E-state index is 13.9. The van der Waals surface area contributed by atoms with Crippen molar-refractivity contribution in [1.82, 2.24) is 0 Å². The van der Waals surface area contributed by atoms with E-state index in [4.69, 9.17) is 11.5 Å². The van der Waals surface area contributed by atoms with Crippen molar-refractivity contribution in [2.24, 2.45) is 22.6 Å². The number of amides is 1. The van der Waals surface area contributed by atoms with Gasteiger partial charge in [0.2, 0.25) is 11.3 Å². The Kier molecular flexibility index (Phi) is 5.31. The zero-order valence-electron chi connectivity index (χ0n) is 20.3. The number of carbonyl (C=O) groups excluding carboxylic acids is 4. The second-order valence-corrected chi connectivity index (χ2v) is 10.8. The molecule has 1 amide bonds. The van der Waals surface area contributed by atoms with Crippen LogP contribution in [-0.4, -0.2) is 49.7 Å². The van der Waals surface area contributed by atoms with Crippen molar-refractivity contribution in [3.05, 3.63) is 50.1 Å². The Bertz CT molecular complexity index is 1370. The van der Waals surface area contributed by atoms with Gasteiger partial charge in [0, 0.05) is 23.5 Å². The molecule has 0 heterocycles. The van der Waals surface area contributed by atoms with E-state index in [1.165, 1.54) is 13.0 Å². The number of phenols is 1. The zero-order valence-corrected chi connectivity index (χ0v) is 20.3. The summed E-state index contributed by atoms with van der Waals surface area (Å²) < 4.78 is 0. The fourth-order valence-corrected chi connectivity index (χ4v) is 5.86. The molecule has 11 heteroatoms. The van der Waals surface area contributed by atoms with Crippen molar-refractivity contribution in [3.8, 4) is 5.75 Å². The fraction of sp³-hybridized carbons (Fsp3) is 0.440. The Balaban J connectivity index is 2.09. The van der Waals surface area contributed by atoms with Crippen LogP contribution in [0.4, 0.5) is 0 Å². The van der Waals surface area contributed by atoms with Gasteiger partial charge in [-0.15, -0.1) is 4.91 Å². The number of fused-ring (bicyclic) bond motifs is 3. The number of aromatic hydroxyl groups is 1. The lowest BCUT2D eigenvalue weighted by molar-refractivity contribution is -0.129. The molecule has 190 valence electrons. The lowest BCUT2D eigenvalue weighted by atomic mass is 9.55. The summed E-state index contributed by atoms with van der Waals surface area (Å²) in [6, 6.07) is 1.53. The van der Waals surface area contributed by atoms with Crippen molar-refractivity contribution in [3.63, 3.8) is 0 Å². The first-order chi connectivity index (χ1) is 16.5. The van der Waals surface area contributed by atoms with Crippen molar-refractivity contribution in [1.29, 1.82) is 0 Å². The average molecular weight is 498 g/mol. The predicted octanol–water partition coefficient (Wildman–Crippen LogP) is 1.78. The molecule has 1 aromatic carbocycles. The van der Waals surface area contributed by atoms with E-state index in [0.717, 1.165) is 0 Å². The molecule has 1 fully saturated rings. The molecule has 0 bridgehead atoms. The number of rotatable bonds is 3. The van der Waals surface area contributed by atoms with E-state index in [-0.39, 0.29) is 41.1 Å². The molecule has 0 aliphatic heterocycles. The molecule has 36 heavy (non-hydrogen) atoms. The third-order valence-electron chi connectivity index (χ3n) is 7.53. The molecule has 0 aromatic heterocycles. The number of aliphatic hydroxyl groups excluding tert-OH is 2. The Labute approximate surface area is 205 Å². The number of Topliss-reactive ketones (excluding diaryl/α,β-unsaturated/α-hetero) is 3. The maximum atomic E-state index is 13.9. The summed E-state index contributed by atoms with van der Waals surface area (Å²) in [4.78, 5) is 63.0. The fourth-order valence-electron chi connectivity index (χ4n) is 5.86. The molecule has 1 unspecified atom stereocenters. The van der Waals surface area contributed by atoms with Crippen LogP contribution in [-0.2, 0) is 26.2 Å². The summed E-state index contributed by atoms with van der Waals surface area (Å²) in [5.41, 5.74) is 6.07. The van der Waals surface area contributed by atoms with Crippen LogP contribution >= 0.6 is 0 Å². The number of benzene rings is 1. The van der Waals surface area contributed by atoms with Gasteiger partial charge in [0.15, 0.2) is 11.6 Å². The maximum Gasteiger partial charge on any atom is 0.255 e. The Morgan fingerprint density at radius 1 is 1.17 bits per heavy atom. The Morgan fingerprint density at radius 2 is 1.78 bits per heavy atom. The highest BCUT2D eigenvalue weighted by Crippen LogP contribution is 2.55. The molecular weight excluding hydrogens is 470 g/mol. The highest BCUT2D eigenvalue weighted by atomic mass is 16.3. The van der Waals surface area contributed by atoms with Gasteiger partial charge in [-0.05, 0) is 42.0 Å². The van der Waals surface area contributed by atoms with E-state index in [1.807, 2.05) is 0 Å². The van der Waals surface area contributed by atoms with E-state index in [9.17, 15) is 39.4 Å². The summed E-state index contributed by atoms with van der Waals surface area (Å²) in [5, 5.41) is 36.2. The second kappa shape index (κ2) is 7.57. The molecular formula is C25H27N3O8. The lowest BCUT2D eigenvalue weighted by Gasteiger charge is -2.49. The van der Waals surface area contributed by atoms with Gasteiger partial charge < -0.3 is 26.8 Å². The van der Waals surface area contributed by atoms with Gasteiger partial charge >= 0.3 is 0 Å². The van der Waals surface area contributed by atoms with Crippen molar-refractivity contribution in [2.45, 2.75) is 63.5 Å². The summed E-state index contributed by atoms with van der Waals surface area (Å²) in [7, 11) is 0. The smallest absolute Gasteiger partial charge is 0.255 e. The number of nitrogens with zero attached hydrogens (tertiary/aromatic N) is 1. The SMILES string of the molecule is CC(=O)c1cc(C(C)(C)C)c(O)c2c1C[C@@]1(N)CC3CC(=O)C(C(N)=O)=C(O)[C@@]3(N=O)C(=O)C1=C2O.